The number of hydrogen-bond acceptors (Lipinski definition) is 3. The molecule has 1 saturated heterocycles. The first-order chi connectivity index (χ1) is 14.3. The fraction of sp³-hybridized carbons (Fsp3) is 0.440. The molecule has 0 spiro atoms. The lowest BCUT2D eigenvalue weighted by molar-refractivity contribution is -0.137. The summed E-state index contributed by atoms with van der Waals surface area (Å²) < 4.78 is 0. The molecule has 0 aromatic heterocycles. The molecule has 5 nitrogen and oxygen atoms in total. The molecule has 30 heavy (non-hydrogen) atoms. The van der Waals surface area contributed by atoms with Gasteiger partial charge in [0.05, 0.1) is 0 Å². The Morgan fingerprint density at radius 2 is 1.53 bits per heavy atom. The largest absolute Gasteiger partial charge is 0.481 e. The lowest BCUT2D eigenvalue weighted by atomic mass is 9.86. The van der Waals surface area contributed by atoms with E-state index in [9.17, 15) is 9.59 Å². The maximum absolute atomic E-state index is 13.0. The summed E-state index contributed by atoms with van der Waals surface area (Å²) in [5.41, 5.74) is 3.14. The highest BCUT2D eigenvalue weighted by Crippen LogP contribution is 2.27. The second kappa shape index (κ2) is 9.43. The molecule has 1 heterocycles. The van der Waals surface area contributed by atoms with Crippen LogP contribution in [0.1, 0.15) is 61.1 Å². The second-order valence-electron chi connectivity index (χ2n) is 9.01. The van der Waals surface area contributed by atoms with Crippen molar-refractivity contribution in [3.63, 3.8) is 0 Å². The van der Waals surface area contributed by atoms with E-state index in [1.54, 1.807) is 0 Å². The molecule has 0 bridgehead atoms. The van der Waals surface area contributed by atoms with E-state index in [1.807, 2.05) is 47.4 Å². The Balaban J connectivity index is 1.64. The Bertz CT molecular complexity index is 848. The molecule has 1 fully saturated rings. The minimum Gasteiger partial charge on any atom is -0.481 e. The maximum atomic E-state index is 13.0. The zero-order valence-electron chi connectivity index (χ0n) is 18.2. The molecular weight excluding hydrogens is 376 g/mol. The minimum atomic E-state index is -0.775. The number of nitrogens with zero attached hydrogens (tertiary/aromatic N) is 2. The first-order valence-electron chi connectivity index (χ1n) is 10.7. The number of hydrogen-bond donors (Lipinski definition) is 1. The van der Waals surface area contributed by atoms with Gasteiger partial charge in [0.25, 0.3) is 5.91 Å². The van der Waals surface area contributed by atoms with E-state index in [4.69, 9.17) is 5.11 Å². The number of amides is 1. The van der Waals surface area contributed by atoms with E-state index in [0.29, 0.717) is 19.5 Å². The van der Waals surface area contributed by atoms with E-state index < -0.39 is 5.97 Å². The summed E-state index contributed by atoms with van der Waals surface area (Å²) in [4.78, 5) is 28.3. The molecule has 0 aliphatic carbocycles. The summed E-state index contributed by atoms with van der Waals surface area (Å²) in [6.07, 6.45) is 0.709. The smallest absolute Gasteiger partial charge is 0.303 e. The molecule has 0 saturated carbocycles. The molecule has 3 rings (SSSR count). The zero-order valence-corrected chi connectivity index (χ0v) is 18.2. The number of carboxylic acids is 1. The van der Waals surface area contributed by atoms with Crippen molar-refractivity contribution < 1.29 is 14.7 Å². The summed E-state index contributed by atoms with van der Waals surface area (Å²) in [5.74, 6) is -0.708. The van der Waals surface area contributed by atoms with Crippen LogP contribution in [0.15, 0.2) is 54.6 Å². The summed E-state index contributed by atoms with van der Waals surface area (Å²) in [6.45, 7) is 9.27. The van der Waals surface area contributed by atoms with Gasteiger partial charge in [0, 0.05) is 44.2 Å². The van der Waals surface area contributed by atoms with Crippen LogP contribution in [-0.2, 0) is 10.2 Å². The zero-order chi connectivity index (χ0) is 21.7. The monoisotopic (exact) mass is 408 g/mol. The molecule has 1 atom stereocenters. The first kappa shape index (κ1) is 22.0. The van der Waals surface area contributed by atoms with E-state index >= 15 is 0 Å². The van der Waals surface area contributed by atoms with E-state index in [2.05, 4.69) is 37.8 Å². The third-order valence-electron chi connectivity index (χ3n) is 5.86. The van der Waals surface area contributed by atoms with Crippen LogP contribution >= 0.6 is 0 Å². The van der Waals surface area contributed by atoms with Crippen LogP contribution in [0.5, 0.6) is 0 Å². The van der Waals surface area contributed by atoms with Crippen LogP contribution in [0.3, 0.4) is 0 Å². The summed E-state index contributed by atoms with van der Waals surface area (Å²) in [7, 11) is 0. The van der Waals surface area contributed by atoms with E-state index in [0.717, 1.165) is 24.2 Å². The third kappa shape index (κ3) is 5.48. The Labute approximate surface area is 179 Å². The van der Waals surface area contributed by atoms with Crippen molar-refractivity contribution in [3.05, 3.63) is 71.3 Å². The molecule has 1 aliphatic heterocycles. The first-order valence-corrected chi connectivity index (χ1v) is 10.7. The summed E-state index contributed by atoms with van der Waals surface area (Å²) in [6, 6.07) is 18.1. The third-order valence-corrected chi connectivity index (χ3v) is 5.86. The molecule has 1 aliphatic rings. The maximum Gasteiger partial charge on any atom is 0.303 e. The van der Waals surface area contributed by atoms with Crippen LogP contribution in [0.25, 0.3) is 0 Å². The molecule has 2 aromatic rings. The highest BCUT2D eigenvalue weighted by molar-refractivity contribution is 5.94. The molecule has 0 radical (unpaired) electrons. The predicted octanol–water partition coefficient (Wildman–Crippen LogP) is 4.35. The normalized spacial score (nSPS) is 16.3. The van der Waals surface area contributed by atoms with Gasteiger partial charge < -0.3 is 10.0 Å². The van der Waals surface area contributed by atoms with Gasteiger partial charge in [0.2, 0.25) is 0 Å². The SMILES string of the molecule is CC(C)(C)c1ccc(C(=O)N2CCN([C@H](CCC(=O)O)c3ccccc3)CC2)cc1. The van der Waals surface area contributed by atoms with Crippen LogP contribution in [-0.4, -0.2) is 53.0 Å². The topological polar surface area (TPSA) is 60.9 Å². The number of rotatable bonds is 6. The Morgan fingerprint density at radius 3 is 2.07 bits per heavy atom. The van der Waals surface area contributed by atoms with Gasteiger partial charge in [0.1, 0.15) is 0 Å². The number of benzene rings is 2. The van der Waals surface area contributed by atoms with Gasteiger partial charge in [0.15, 0.2) is 0 Å². The van der Waals surface area contributed by atoms with Crippen LogP contribution in [0.4, 0.5) is 0 Å². The Morgan fingerprint density at radius 1 is 0.933 bits per heavy atom. The van der Waals surface area contributed by atoms with Crippen molar-refractivity contribution in [1.82, 2.24) is 9.80 Å². The minimum absolute atomic E-state index is 0.0608. The molecule has 1 amide bonds. The van der Waals surface area contributed by atoms with Gasteiger partial charge in [-0.05, 0) is 35.1 Å². The second-order valence-corrected chi connectivity index (χ2v) is 9.01. The number of carbonyl (C=O) groups excluding carboxylic acids is 1. The number of carbonyl (C=O) groups is 2. The quantitative estimate of drug-likeness (QED) is 0.772. The van der Waals surface area contributed by atoms with Gasteiger partial charge in [-0.25, -0.2) is 0 Å². The predicted molar refractivity (Wildman–Crippen MR) is 119 cm³/mol. The fourth-order valence-electron chi connectivity index (χ4n) is 4.03. The Kier molecular flexibility index (Phi) is 6.93. The van der Waals surface area contributed by atoms with Gasteiger partial charge in [-0.3, -0.25) is 14.5 Å². The van der Waals surface area contributed by atoms with E-state index in [1.165, 1.54) is 5.56 Å². The van der Waals surface area contributed by atoms with Gasteiger partial charge in [-0.2, -0.15) is 0 Å². The Hall–Kier alpha value is -2.66. The van der Waals surface area contributed by atoms with Crippen LogP contribution in [0.2, 0.25) is 0 Å². The molecule has 2 aromatic carbocycles. The van der Waals surface area contributed by atoms with Crippen molar-refractivity contribution in [1.29, 1.82) is 0 Å². The number of piperazine rings is 1. The van der Waals surface area contributed by atoms with Gasteiger partial charge >= 0.3 is 5.97 Å². The van der Waals surface area contributed by atoms with Gasteiger partial charge in [-0.1, -0.05) is 63.2 Å². The highest BCUT2D eigenvalue weighted by Gasteiger charge is 2.28. The van der Waals surface area contributed by atoms with Crippen molar-refractivity contribution in [2.24, 2.45) is 0 Å². The molecular formula is C25H32N2O3. The summed E-state index contributed by atoms with van der Waals surface area (Å²) >= 11 is 0. The summed E-state index contributed by atoms with van der Waals surface area (Å²) in [5, 5.41) is 9.15. The average Bonchev–Trinajstić information content (AvgIpc) is 2.74. The molecule has 5 heteroatoms. The molecule has 1 N–H and O–H groups in total. The lowest BCUT2D eigenvalue weighted by Gasteiger charge is -2.39. The lowest BCUT2D eigenvalue weighted by Crippen LogP contribution is -2.49. The molecule has 0 unspecified atom stereocenters. The molecule has 160 valence electrons. The van der Waals surface area contributed by atoms with Crippen molar-refractivity contribution in [2.45, 2.75) is 45.1 Å². The van der Waals surface area contributed by atoms with Crippen LogP contribution in [0, 0.1) is 0 Å². The standard InChI is InChI=1S/C25H32N2O3/c1-25(2,3)21-11-9-20(10-12-21)24(30)27-17-15-26(16-18-27)22(13-14-23(28)29)19-7-5-4-6-8-19/h4-12,22H,13-18H2,1-3H3,(H,28,29)/t22-/m1/s1. The van der Waals surface area contributed by atoms with Crippen LogP contribution < -0.4 is 0 Å². The highest BCUT2D eigenvalue weighted by atomic mass is 16.4. The average molecular weight is 409 g/mol. The fourth-order valence-corrected chi connectivity index (χ4v) is 4.03. The van der Waals surface area contributed by atoms with Gasteiger partial charge in [-0.15, -0.1) is 0 Å². The number of carboxylic acid groups (broad SMARTS) is 1. The van der Waals surface area contributed by atoms with Crippen molar-refractivity contribution >= 4 is 11.9 Å². The van der Waals surface area contributed by atoms with Crippen molar-refractivity contribution in [2.75, 3.05) is 26.2 Å². The number of aliphatic carboxylic acids is 1. The van der Waals surface area contributed by atoms with Crippen molar-refractivity contribution in [3.8, 4) is 0 Å². The van der Waals surface area contributed by atoms with E-state index in [-0.39, 0.29) is 23.8 Å².